The summed E-state index contributed by atoms with van der Waals surface area (Å²) < 4.78 is 30.7. The van der Waals surface area contributed by atoms with Crippen LogP contribution < -0.4 is 5.32 Å². The molecular formula is C24H22F2N6O. The SMILES string of the molecule is CC(C)n1cnnc1-c1ccccc1NC(=O)c1nn(-c2ccc(F)c(F)c2)c2c1CCC2. The molecule has 1 amide bonds. The highest BCUT2D eigenvalue weighted by atomic mass is 19.2. The highest BCUT2D eigenvalue weighted by molar-refractivity contribution is 6.06. The molecule has 0 saturated heterocycles. The Morgan fingerprint density at radius 2 is 1.91 bits per heavy atom. The smallest absolute Gasteiger partial charge is 0.276 e. The number of aromatic nitrogens is 5. The summed E-state index contributed by atoms with van der Waals surface area (Å²) in [5, 5.41) is 15.7. The molecule has 0 atom stereocenters. The maximum Gasteiger partial charge on any atom is 0.276 e. The van der Waals surface area contributed by atoms with Crippen LogP contribution in [0.1, 0.15) is 48.1 Å². The quantitative estimate of drug-likeness (QED) is 0.479. The van der Waals surface area contributed by atoms with Gasteiger partial charge < -0.3 is 9.88 Å². The molecule has 5 rings (SSSR count). The Bertz CT molecular complexity index is 1360. The van der Waals surface area contributed by atoms with Crippen LogP contribution in [-0.2, 0) is 12.8 Å². The first-order valence-electron chi connectivity index (χ1n) is 10.8. The van der Waals surface area contributed by atoms with Gasteiger partial charge in [-0.05, 0) is 57.4 Å². The highest BCUT2D eigenvalue weighted by Crippen LogP contribution is 2.31. The summed E-state index contributed by atoms with van der Waals surface area (Å²) in [7, 11) is 0. The van der Waals surface area contributed by atoms with Gasteiger partial charge in [0.2, 0.25) is 0 Å². The molecule has 0 fully saturated rings. The predicted molar refractivity (Wildman–Crippen MR) is 119 cm³/mol. The Labute approximate surface area is 189 Å². The van der Waals surface area contributed by atoms with E-state index in [0.29, 0.717) is 30.0 Å². The van der Waals surface area contributed by atoms with Crippen LogP contribution in [0, 0.1) is 11.6 Å². The molecule has 2 aromatic heterocycles. The molecule has 2 aromatic carbocycles. The molecule has 1 aliphatic rings. The summed E-state index contributed by atoms with van der Waals surface area (Å²) >= 11 is 0. The van der Waals surface area contributed by atoms with E-state index in [4.69, 9.17) is 0 Å². The third-order valence-electron chi connectivity index (χ3n) is 5.84. The fourth-order valence-corrected chi connectivity index (χ4v) is 4.23. The molecule has 0 aliphatic heterocycles. The summed E-state index contributed by atoms with van der Waals surface area (Å²) in [4.78, 5) is 13.3. The molecule has 1 aliphatic carbocycles. The van der Waals surface area contributed by atoms with Gasteiger partial charge in [0, 0.05) is 28.9 Å². The fraction of sp³-hybridized carbons (Fsp3) is 0.250. The van der Waals surface area contributed by atoms with E-state index in [-0.39, 0.29) is 17.6 Å². The second kappa shape index (κ2) is 8.23. The van der Waals surface area contributed by atoms with E-state index in [0.717, 1.165) is 35.4 Å². The van der Waals surface area contributed by atoms with Gasteiger partial charge in [-0.25, -0.2) is 13.5 Å². The number of fused-ring (bicyclic) bond motifs is 1. The van der Waals surface area contributed by atoms with Gasteiger partial charge in [0.15, 0.2) is 23.2 Å². The van der Waals surface area contributed by atoms with Crippen molar-refractivity contribution in [2.24, 2.45) is 0 Å². The van der Waals surface area contributed by atoms with Crippen LogP contribution in [0.3, 0.4) is 0 Å². The number of nitrogens with zero attached hydrogens (tertiary/aromatic N) is 5. The number of hydrogen-bond donors (Lipinski definition) is 1. The zero-order valence-electron chi connectivity index (χ0n) is 18.2. The van der Waals surface area contributed by atoms with Gasteiger partial charge in [-0.3, -0.25) is 4.79 Å². The van der Waals surface area contributed by atoms with Crippen LogP contribution in [0.15, 0.2) is 48.8 Å². The van der Waals surface area contributed by atoms with Crippen molar-refractivity contribution in [3.63, 3.8) is 0 Å². The number of carbonyl (C=O) groups is 1. The molecule has 0 bridgehead atoms. The van der Waals surface area contributed by atoms with Crippen molar-refractivity contribution in [3.8, 4) is 17.1 Å². The van der Waals surface area contributed by atoms with Crippen molar-refractivity contribution in [1.82, 2.24) is 24.5 Å². The Morgan fingerprint density at radius 3 is 2.70 bits per heavy atom. The topological polar surface area (TPSA) is 77.6 Å². The molecule has 2 heterocycles. The predicted octanol–water partition coefficient (Wildman–Crippen LogP) is 4.73. The summed E-state index contributed by atoms with van der Waals surface area (Å²) in [5.74, 6) is -1.59. The molecule has 1 N–H and O–H groups in total. The minimum absolute atomic E-state index is 0.147. The van der Waals surface area contributed by atoms with E-state index in [9.17, 15) is 13.6 Å². The molecule has 0 unspecified atom stereocenters. The lowest BCUT2D eigenvalue weighted by molar-refractivity contribution is 0.102. The van der Waals surface area contributed by atoms with Gasteiger partial charge in [0.05, 0.1) is 11.4 Å². The second-order valence-electron chi connectivity index (χ2n) is 8.29. The molecule has 7 nitrogen and oxygen atoms in total. The minimum atomic E-state index is -0.955. The standard InChI is InChI=1S/C24H22F2N6O/c1-14(2)31-13-27-29-23(31)16-6-3-4-8-20(16)28-24(33)22-17-7-5-9-21(17)32(30-22)15-10-11-18(25)19(26)12-15/h3-4,6,8,10-14H,5,7,9H2,1-2H3,(H,28,33). The van der Waals surface area contributed by atoms with Crippen LogP contribution in [0.25, 0.3) is 17.1 Å². The van der Waals surface area contributed by atoms with Gasteiger partial charge in [-0.1, -0.05) is 12.1 Å². The Hall–Kier alpha value is -3.88. The number of halogens is 2. The largest absolute Gasteiger partial charge is 0.320 e. The van der Waals surface area contributed by atoms with Crippen molar-refractivity contribution in [2.45, 2.75) is 39.2 Å². The van der Waals surface area contributed by atoms with Gasteiger partial charge in [-0.15, -0.1) is 10.2 Å². The zero-order chi connectivity index (χ0) is 23.1. The first-order chi connectivity index (χ1) is 15.9. The lowest BCUT2D eigenvalue weighted by Gasteiger charge is -2.14. The number of carbonyl (C=O) groups excluding carboxylic acids is 1. The van der Waals surface area contributed by atoms with Gasteiger partial charge >= 0.3 is 0 Å². The maximum absolute atomic E-state index is 13.8. The van der Waals surface area contributed by atoms with Crippen molar-refractivity contribution >= 4 is 11.6 Å². The molecule has 9 heteroatoms. The number of anilines is 1. The monoisotopic (exact) mass is 448 g/mol. The third kappa shape index (κ3) is 3.69. The average molecular weight is 448 g/mol. The van der Waals surface area contributed by atoms with Crippen molar-refractivity contribution in [2.75, 3.05) is 5.32 Å². The van der Waals surface area contributed by atoms with Gasteiger partial charge in [0.25, 0.3) is 5.91 Å². The number of para-hydroxylation sites is 1. The molecule has 0 saturated carbocycles. The van der Waals surface area contributed by atoms with E-state index in [2.05, 4.69) is 20.6 Å². The normalized spacial score (nSPS) is 12.9. The zero-order valence-corrected chi connectivity index (χ0v) is 18.2. The summed E-state index contributed by atoms with van der Waals surface area (Å²) in [5.41, 5.74) is 3.68. The minimum Gasteiger partial charge on any atom is -0.320 e. The molecule has 4 aromatic rings. The summed E-state index contributed by atoms with van der Waals surface area (Å²) in [6.45, 7) is 4.06. The van der Waals surface area contributed by atoms with Crippen LogP contribution in [0.2, 0.25) is 0 Å². The molecule has 0 radical (unpaired) electrons. The lowest BCUT2D eigenvalue weighted by Crippen LogP contribution is -2.16. The van der Waals surface area contributed by atoms with E-state index in [1.165, 1.54) is 6.07 Å². The molecule has 168 valence electrons. The maximum atomic E-state index is 13.8. The fourth-order valence-electron chi connectivity index (χ4n) is 4.23. The van der Waals surface area contributed by atoms with Gasteiger partial charge in [-0.2, -0.15) is 5.10 Å². The van der Waals surface area contributed by atoms with E-state index < -0.39 is 11.6 Å². The number of amides is 1. The first-order valence-corrected chi connectivity index (χ1v) is 10.8. The molecular weight excluding hydrogens is 426 g/mol. The van der Waals surface area contributed by atoms with Crippen LogP contribution in [-0.4, -0.2) is 30.5 Å². The van der Waals surface area contributed by atoms with E-state index in [1.807, 2.05) is 36.6 Å². The van der Waals surface area contributed by atoms with Crippen molar-refractivity contribution in [1.29, 1.82) is 0 Å². The van der Waals surface area contributed by atoms with Crippen molar-refractivity contribution < 1.29 is 13.6 Å². The summed E-state index contributed by atoms with van der Waals surface area (Å²) in [6, 6.07) is 11.2. The first kappa shape index (κ1) is 21.0. The molecule has 0 spiro atoms. The second-order valence-corrected chi connectivity index (χ2v) is 8.29. The molecule has 33 heavy (non-hydrogen) atoms. The van der Waals surface area contributed by atoms with E-state index >= 15 is 0 Å². The lowest BCUT2D eigenvalue weighted by atomic mass is 10.1. The number of benzene rings is 2. The van der Waals surface area contributed by atoms with Gasteiger partial charge in [0.1, 0.15) is 6.33 Å². The van der Waals surface area contributed by atoms with E-state index in [1.54, 1.807) is 17.1 Å². The highest BCUT2D eigenvalue weighted by Gasteiger charge is 2.28. The number of rotatable bonds is 5. The summed E-state index contributed by atoms with van der Waals surface area (Å²) in [6.07, 6.45) is 3.94. The Morgan fingerprint density at radius 1 is 1.09 bits per heavy atom. The third-order valence-corrected chi connectivity index (χ3v) is 5.84. The van der Waals surface area contributed by atoms with Crippen molar-refractivity contribution in [3.05, 3.63) is 77.4 Å². The Balaban J connectivity index is 1.51. The van der Waals surface area contributed by atoms with Crippen LogP contribution in [0.4, 0.5) is 14.5 Å². The number of nitrogens with one attached hydrogen (secondary N) is 1. The number of hydrogen-bond acceptors (Lipinski definition) is 4. The Kier molecular flexibility index (Phi) is 5.24. The average Bonchev–Trinajstić information content (AvgIpc) is 3.52. The van der Waals surface area contributed by atoms with Crippen LogP contribution in [0.5, 0.6) is 0 Å². The van der Waals surface area contributed by atoms with Crippen LogP contribution >= 0.6 is 0 Å².